The average molecular weight is 287 g/mol. The third kappa shape index (κ3) is 3.14. The first-order valence-corrected chi connectivity index (χ1v) is 7.38. The quantitative estimate of drug-likeness (QED) is 0.868. The van der Waals surface area contributed by atoms with Gasteiger partial charge < -0.3 is 9.15 Å². The fraction of sp³-hybridized carbons (Fsp3) is 0.500. The molecule has 0 saturated carbocycles. The molecule has 21 heavy (non-hydrogen) atoms. The van der Waals surface area contributed by atoms with E-state index in [0.717, 1.165) is 13.1 Å². The fourth-order valence-corrected chi connectivity index (χ4v) is 2.79. The summed E-state index contributed by atoms with van der Waals surface area (Å²) in [5.74, 6) is 1.28. The molecular weight excluding hydrogens is 266 g/mol. The monoisotopic (exact) mass is 287 g/mol. The van der Waals surface area contributed by atoms with E-state index >= 15 is 0 Å². The van der Waals surface area contributed by atoms with Gasteiger partial charge in [0.25, 0.3) is 0 Å². The zero-order valence-corrected chi connectivity index (χ0v) is 12.7. The number of nitrogens with zero attached hydrogens (tertiary/aromatic N) is 3. The van der Waals surface area contributed by atoms with Gasteiger partial charge in [-0.1, -0.05) is 30.3 Å². The molecule has 0 aliphatic carbocycles. The molecular formula is C16H21N3O2. The molecule has 0 spiro atoms. The summed E-state index contributed by atoms with van der Waals surface area (Å²) in [4.78, 5) is 2.35. The number of aryl methyl sites for hydroxylation is 1. The maximum absolute atomic E-state index is 6.09. The molecule has 112 valence electrons. The Morgan fingerprint density at radius 3 is 2.62 bits per heavy atom. The normalized spacial score (nSPS) is 24.9. The van der Waals surface area contributed by atoms with E-state index in [2.05, 4.69) is 41.1 Å². The summed E-state index contributed by atoms with van der Waals surface area (Å²) < 4.78 is 11.7. The van der Waals surface area contributed by atoms with Crippen LogP contribution in [0, 0.1) is 6.92 Å². The topological polar surface area (TPSA) is 51.4 Å². The van der Waals surface area contributed by atoms with Gasteiger partial charge in [0, 0.05) is 20.0 Å². The average Bonchev–Trinajstić information content (AvgIpc) is 2.93. The molecule has 1 aromatic heterocycles. The summed E-state index contributed by atoms with van der Waals surface area (Å²) in [5.41, 5.74) is 1.21. The lowest BCUT2D eigenvalue weighted by molar-refractivity contribution is -0.0918. The van der Waals surface area contributed by atoms with Gasteiger partial charge in [0.15, 0.2) is 0 Å². The van der Waals surface area contributed by atoms with Crippen molar-refractivity contribution in [2.45, 2.75) is 39.0 Å². The lowest BCUT2D eigenvalue weighted by atomic mass is 10.1. The smallest absolute Gasteiger partial charge is 0.233 e. The lowest BCUT2D eigenvalue weighted by Gasteiger charge is -2.39. The molecule has 1 fully saturated rings. The van der Waals surface area contributed by atoms with Crippen molar-refractivity contribution in [2.75, 3.05) is 13.1 Å². The Morgan fingerprint density at radius 2 is 1.95 bits per heavy atom. The Kier molecular flexibility index (Phi) is 4.03. The van der Waals surface area contributed by atoms with E-state index in [0.29, 0.717) is 11.8 Å². The van der Waals surface area contributed by atoms with E-state index in [4.69, 9.17) is 9.15 Å². The van der Waals surface area contributed by atoms with Gasteiger partial charge in [-0.25, -0.2) is 0 Å². The molecule has 0 radical (unpaired) electrons. The zero-order valence-electron chi connectivity index (χ0n) is 12.7. The molecule has 0 bridgehead atoms. The number of ether oxygens (including phenoxy) is 1. The van der Waals surface area contributed by atoms with Crippen molar-refractivity contribution in [3.63, 3.8) is 0 Å². The molecule has 1 aliphatic heterocycles. The minimum Gasteiger partial charge on any atom is -0.424 e. The second kappa shape index (κ2) is 5.95. The Labute approximate surface area is 124 Å². The fourth-order valence-electron chi connectivity index (χ4n) is 2.79. The minimum absolute atomic E-state index is 0.0846. The summed E-state index contributed by atoms with van der Waals surface area (Å²) in [5, 5.41) is 8.07. The molecule has 5 nitrogen and oxygen atoms in total. The van der Waals surface area contributed by atoms with Gasteiger partial charge in [-0.05, 0) is 19.4 Å². The van der Waals surface area contributed by atoms with Crippen LogP contribution in [0.2, 0.25) is 0 Å². The maximum Gasteiger partial charge on any atom is 0.233 e. The molecule has 2 aromatic rings. The van der Waals surface area contributed by atoms with Gasteiger partial charge >= 0.3 is 0 Å². The van der Waals surface area contributed by atoms with Crippen LogP contribution in [0.3, 0.4) is 0 Å². The maximum atomic E-state index is 6.09. The molecule has 0 unspecified atom stereocenters. The van der Waals surface area contributed by atoms with Crippen molar-refractivity contribution in [3.8, 4) is 0 Å². The van der Waals surface area contributed by atoms with Crippen molar-refractivity contribution in [1.29, 1.82) is 0 Å². The van der Waals surface area contributed by atoms with Crippen LogP contribution in [0.5, 0.6) is 0 Å². The van der Waals surface area contributed by atoms with Crippen LogP contribution in [-0.2, 0) is 4.74 Å². The molecule has 5 heteroatoms. The number of morpholine rings is 1. The van der Waals surface area contributed by atoms with E-state index in [-0.39, 0.29) is 18.2 Å². The Bertz CT molecular complexity index is 584. The minimum atomic E-state index is 0.0846. The van der Waals surface area contributed by atoms with E-state index in [9.17, 15) is 0 Å². The van der Waals surface area contributed by atoms with Crippen LogP contribution in [0.1, 0.15) is 43.3 Å². The Balaban J connectivity index is 1.77. The summed E-state index contributed by atoms with van der Waals surface area (Å²) >= 11 is 0. The van der Waals surface area contributed by atoms with Crippen LogP contribution in [0.15, 0.2) is 34.7 Å². The zero-order chi connectivity index (χ0) is 14.8. The number of aromatic nitrogens is 2. The Morgan fingerprint density at radius 1 is 1.19 bits per heavy atom. The summed E-state index contributed by atoms with van der Waals surface area (Å²) in [6.45, 7) is 7.72. The molecule has 1 saturated heterocycles. The van der Waals surface area contributed by atoms with E-state index in [1.807, 2.05) is 25.1 Å². The highest BCUT2D eigenvalue weighted by atomic mass is 16.5. The first kappa shape index (κ1) is 14.2. The van der Waals surface area contributed by atoms with Gasteiger partial charge in [0.05, 0.1) is 18.2 Å². The highest BCUT2D eigenvalue weighted by Crippen LogP contribution is 2.30. The number of benzene rings is 1. The second-order valence-corrected chi connectivity index (χ2v) is 5.64. The molecule has 0 amide bonds. The summed E-state index contributed by atoms with van der Waals surface area (Å²) in [6.07, 6.45) is 0.261. The largest absolute Gasteiger partial charge is 0.424 e. The van der Waals surface area contributed by atoms with Crippen LogP contribution >= 0.6 is 0 Å². The number of hydrogen-bond donors (Lipinski definition) is 0. The molecule has 1 aromatic carbocycles. The standard InChI is InChI=1S/C16H21N3O2/c1-11-9-19(12(2)16-18-17-13(3)21-16)10-15(20-11)14-7-5-4-6-8-14/h4-8,11-12,15H,9-10H2,1-3H3/t11-,12-,15-/m0/s1. The van der Waals surface area contributed by atoms with E-state index < -0.39 is 0 Å². The van der Waals surface area contributed by atoms with Crippen LogP contribution in [0.25, 0.3) is 0 Å². The second-order valence-electron chi connectivity index (χ2n) is 5.64. The van der Waals surface area contributed by atoms with Gasteiger partial charge in [-0.2, -0.15) is 0 Å². The van der Waals surface area contributed by atoms with Crippen LogP contribution in [-0.4, -0.2) is 34.3 Å². The van der Waals surface area contributed by atoms with Gasteiger partial charge in [0.1, 0.15) is 0 Å². The predicted molar refractivity (Wildman–Crippen MR) is 78.8 cm³/mol. The predicted octanol–water partition coefficient (Wildman–Crippen LogP) is 2.90. The molecule has 0 N–H and O–H groups in total. The third-order valence-electron chi connectivity index (χ3n) is 3.91. The molecule has 2 heterocycles. The van der Waals surface area contributed by atoms with Crippen molar-refractivity contribution in [3.05, 3.63) is 47.7 Å². The van der Waals surface area contributed by atoms with E-state index in [1.165, 1.54) is 5.56 Å². The highest BCUT2D eigenvalue weighted by Gasteiger charge is 2.31. The number of hydrogen-bond acceptors (Lipinski definition) is 5. The van der Waals surface area contributed by atoms with Crippen molar-refractivity contribution >= 4 is 0 Å². The van der Waals surface area contributed by atoms with Crippen molar-refractivity contribution < 1.29 is 9.15 Å². The first-order valence-electron chi connectivity index (χ1n) is 7.38. The lowest BCUT2D eigenvalue weighted by Crippen LogP contribution is -2.44. The molecule has 3 atom stereocenters. The van der Waals surface area contributed by atoms with Gasteiger partial charge in [-0.3, -0.25) is 4.90 Å². The van der Waals surface area contributed by atoms with Crippen LogP contribution < -0.4 is 0 Å². The highest BCUT2D eigenvalue weighted by molar-refractivity contribution is 5.18. The third-order valence-corrected chi connectivity index (χ3v) is 3.91. The van der Waals surface area contributed by atoms with Crippen LogP contribution in [0.4, 0.5) is 0 Å². The SMILES string of the molecule is Cc1nnc([C@H](C)N2C[C@@H](c3ccccc3)O[C@@H](C)C2)o1. The van der Waals surface area contributed by atoms with Crippen molar-refractivity contribution in [2.24, 2.45) is 0 Å². The molecule has 1 aliphatic rings. The van der Waals surface area contributed by atoms with Crippen molar-refractivity contribution in [1.82, 2.24) is 15.1 Å². The van der Waals surface area contributed by atoms with Gasteiger partial charge in [0.2, 0.25) is 11.8 Å². The summed E-state index contributed by atoms with van der Waals surface area (Å²) in [7, 11) is 0. The Hall–Kier alpha value is -1.72. The first-order chi connectivity index (χ1) is 10.1. The van der Waals surface area contributed by atoms with E-state index in [1.54, 1.807) is 0 Å². The van der Waals surface area contributed by atoms with Gasteiger partial charge in [-0.15, -0.1) is 10.2 Å². The summed E-state index contributed by atoms with van der Waals surface area (Å²) in [6, 6.07) is 10.5. The molecule has 3 rings (SSSR count). The number of rotatable bonds is 3.